The molecule has 0 spiro atoms. The maximum absolute atomic E-state index is 13.2. The summed E-state index contributed by atoms with van der Waals surface area (Å²) in [5.74, 6) is 1.89. The Morgan fingerprint density at radius 2 is 1.82 bits per heavy atom. The Hall–Kier alpha value is -3.54. The monoisotopic (exact) mass is 376 g/mol. The molecule has 1 atom stereocenters. The van der Waals surface area contributed by atoms with Crippen LogP contribution in [0, 0.1) is 0 Å². The van der Waals surface area contributed by atoms with E-state index in [1.165, 1.54) is 5.01 Å². The smallest absolute Gasteiger partial charge is 0.274 e. The van der Waals surface area contributed by atoms with Gasteiger partial charge in [0.05, 0.1) is 26.2 Å². The van der Waals surface area contributed by atoms with E-state index in [1.807, 2.05) is 36.4 Å². The van der Waals surface area contributed by atoms with Gasteiger partial charge in [0.15, 0.2) is 0 Å². The Labute approximate surface area is 163 Å². The van der Waals surface area contributed by atoms with Crippen LogP contribution in [0.5, 0.6) is 11.5 Å². The van der Waals surface area contributed by atoms with Crippen LogP contribution in [0.4, 0.5) is 0 Å². The third-order valence-corrected chi connectivity index (χ3v) is 4.73. The molecule has 28 heavy (non-hydrogen) atoms. The van der Waals surface area contributed by atoms with E-state index in [2.05, 4.69) is 5.10 Å². The number of hydrogen-bond donors (Lipinski definition) is 0. The van der Waals surface area contributed by atoms with Gasteiger partial charge in [-0.1, -0.05) is 6.07 Å². The fourth-order valence-electron chi connectivity index (χ4n) is 3.25. The summed E-state index contributed by atoms with van der Waals surface area (Å²) in [7, 11) is 3.20. The first-order valence-corrected chi connectivity index (χ1v) is 8.92. The molecule has 4 rings (SSSR count). The molecule has 0 N–H and O–H groups in total. The summed E-state index contributed by atoms with van der Waals surface area (Å²) in [4.78, 5) is 13.2. The number of rotatable bonds is 5. The molecular formula is C22H20N2O4. The van der Waals surface area contributed by atoms with Gasteiger partial charge in [-0.3, -0.25) is 4.79 Å². The maximum atomic E-state index is 13.2. The van der Waals surface area contributed by atoms with Gasteiger partial charge < -0.3 is 13.9 Å². The first-order chi connectivity index (χ1) is 13.7. The lowest BCUT2D eigenvalue weighted by Gasteiger charge is -2.20. The highest BCUT2D eigenvalue weighted by molar-refractivity contribution is 6.05. The molecule has 2 heterocycles. The first kappa shape index (κ1) is 17.9. The van der Waals surface area contributed by atoms with E-state index in [0.29, 0.717) is 23.5 Å². The van der Waals surface area contributed by atoms with Crippen molar-refractivity contribution in [3.63, 3.8) is 0 Å². The highest BCUT2D eigenvalue weighted by Crippen LogP contribution is 2.34. The molecule has 6 nitrogen and oxygen atoms in total. The Morgan fingerprint density at radius 3 is 2.50 bits per heavy atom. The lowest BCUT2D eigenvalue weighted by atomic mass is 10.0. The zero-order chi connectivity index (χ0) is 19.5. The number of hydrazone groups is 1. The zero-order valence-electron chi connectivity index (χ0n) is 15.7. The summed E-state index contributed by atoms with van der Waals surface area (Å²) < 4.78 is 16.0. The average Bonchev–Trinajstić information content (AvgIpc) is 3.43. The third-order valence-electron chi connectivity index (χ3n) is 4.73. The molecule has 142 valence electrons. The number of ether oxygens (including phenoxy) is 2. The fraction of sp³-hybridized carbons (Fsp3) is 0.182. The topological polar surface area (TPSA) is 64.3 Å². The molecule has 1 aliphatic rings. The molecular weight excluding hydrogens is 356 g/mol. The van der Waals surface area contributed by atoms with Crippen molar-refractivity contribution < 1.29 is 18.7 Å². The maximum Gasteiger partial charge on any atom is 0.274 e. The number of amides is 1. The van der Waals surface area contributed by atoms with Crippen molar-refractivity contribution in [2.24, 2.45) is 5.10 Å². The van der Waals surface area contributed by atoms with Gasteiger partial charge in [0, 0.05) is 12.0 Å². The van der Waals surface area contributed by atoms with E-state index in [1.54, 1.807) is 44.7 Å². The van der Waals surface area contributed by atoms with Gasteiger partial charge in [0.1, 0.15) is 23.3 Å². The van der Waals surface area contributed by atoms with Gasteiger partial charge in [-0.25, -0.2) is 5.01 Å². The number of methoxy groups -OCH3 is 2. The van der Waals surface area contributed by atoms with Crippen LogP contribution in [-0.4, -0.2) is 30.8 Å². The van der Waals surface area contributed by atoms with Crippen LogP contribution in [0.3, 0.4) is 0 Å². The van der Waals surface area contributed by atoms with Gasteiger partial charge in [-0.15, -0.1) is 0 Å². The number of benzene rings is 2. The summed E-state index contributed by atoms with van der Waals surface area (Å²) in [5, 5.41) is 6.14. The molecule has 3 aromatic rings. The minimum Gasteiger partial charge on any atom is -0.497 e. The van der Waals surface area contributed by atoms with Crippen LogP contribution in [0.25, 0.3) is 0 Å². The van der Waals surface area contributed by atoms with Crippen molar-refractivity contribution in [1.29, 1.82) is 0 Å². The van der Waals surface area contributed by atoms with Crippen LogP contribution >= 0.6 is 0 Å². The molecule has 1 aromatic heterocycles. The minimum absolute atomic E-state index is 0.205. The summed E-state index contributed by atoms with van der Waals surface area (Å²) in [6.45, 7) is 0. The van der Waals surface area contributed by atoms with Crippen LogP contribution in [-0.2, 0) is 0 Å². The molecule has 0 bridgehead atoms. The van der Waals surface area contributed by atoms with Crippen molar-refractivity contribution >= 4 is 11.6 Å². The highest BCUT2D eigenvalue weighted by atomic mass is 16.5. The molecule has 1 aliphatic heterocycles. The molecule has 0 radical (unpaired) electrons. The Morgan fingerprint density at radius 1 is 1.04 bits per heavy atom. The third kappa shape index (κ3) is 3.36. The van der Waals surface area contributed by atoms with Gasteiger partial charge in [-0.05, 0) is 60.2 Å². The zero-order valence-corrected chi connectivity index (χ0v) is 15.7. The largest absolute Gasteiger partial charge is 0.497 e. The minimum atomic E-state index is -0.300. The molecule has 0 aliphatic carbocycles. The number of nitrogens with zero attached hydrogens (tertiary/aromatic N) is 2. The number of furan rings is 1. The van der Waals surface area contributed by atoms with E-state index in [9.17, 15) is 4.79 Å². The Kier molecular flexibility index (Phi) is 4.85. The first-order valence-electron chi connectivity index (χ1n) is 8.92. The quantitative estimate of drug-likeness (QED) is 0.666. The van der Waals surface area contributed by atoms with E-state index in [0.717, 1.165) is 17.0 Å². The Balaban J connectivity index is 1.69. The van der Waals surface area contributed by atoms with Gasteiger partial charge in [0.2, 0.25) is 0 Å². The lowest BCUT2D eigenvalue weighted by Crippen LogP contribution is -2.26. The molecule has 1 amide bonds. The molecule has 0 fully saturated rings. The number of hydrogen-bond acceptors (Lipinski definition) is 5. The van der Waals surface area contributed by atoms with Crippen LogP contribution in [0.15, 0.2) is 76.4 Å². The average molecular weight is 376 g/mol. The van der Waals surface area contributed by atoms with E-state index in [4.69, 9.17) is 13.9 Å². The van der Waals surface area contributed by atoms with Gasteiger partial charge in [0.25, 0.3) is 5.91 Å². The standard InChI is InChI=1S/C22H20N2O4/c1-26-17-10-8-15(9-11-17)19-14-20(21-7-4-12-28-21)24(23-19)22(25)16-5-3-6-18(13-16)27-2/h3-13,20H,14H2,1-2H3. The van der Waals surface area contributed by atoms with Gasteiger partial charge >= 0.3 is 0 Å². The summed E-state index contributed by atoms with van der Waals surface area (Å²) in [6, 6.07) is 18.1. The van der Waals surface area contributed by atoms with Crippen molar-refractivity contribution in [3.8, 4) is 11.5 Å². The molecule has 1 unspecified atom stereocenters. The number of carbonyl (C=O) groups is 1. The summed E-state index contributed by atoms with van der Waals surface area (Å²) >= 11 is 0. The van der Waals surface area contributed by atoms with Crippen LogP contribution < -0.4 is 9.47 Å². The molecule has 0 saturated carbocycles. The van der Waals surface area contributed by atoms with Crippen molar-refractivity contribution in [3.05, 3.63) is 83.8 Å². The summed E-state index contributed by atoms with van der Waals surface area (Å²) in [6.07, 6.45) is 2.17. The van der Waals surface area contributed by atoms with E-state index < -0.39 is 0 Å². The van der Waals surface area contributed by atoms with Crippen LogP contribution in [0.1, 0.15) is 34.1 Å². The lowest BCUT2D eigenvalue weighted by molar-refractivity contribution is 0.0692. The predicted molar refractivity (Wildman–Crippen MR) is 105 cm³/mol. The molecule has 0 saturated heterocycles. The van der Waals surface area contributed by atoms with Crippen molar-refractivity contribution in [1.82, 2.24) is 5.01 Å². The molecule has 2 aromatic carbocycles. The predicted octanol–water partition coefficient (Wildman–Crippen LogP) is 4.29. The summed E-state index contributed by atoms with van der Waals surface area (Å²) in [5.41, 5.74) is 2.27. The number of carbonyl (C=O) groups excluding carboxylic acids is 1. The van der Waals surface area contributed by atoms with Gasteiger partial charge in [-0.2, -0.15) is 5.10 Å². The second-order valence-electron chi connectivity index (χ2n) is 6.39. The van der Waals surface area contributed by atoms with Crippen LogP contribution in [0.2, 0.25) is 0 Å². The van der Waals surface area contributed by atoms with E-state index in [-0.39, 0.29) is 11.9 Å². The van der Waals surface area contributed by atoms with Crippen molar-refractivity contribution in [2.75, 3.05) is 14.2 Å². The SMILES string of the molecule is COc1ccc(C2=NN(C(=O)c3cccc(OC)c3)C(c3ccco3)C2)cc1. The second kappa shape index (κ2) is 7.60. The fourth-order valence-corrected chi connectivity index (χ4v) is 3.25. The molecule has 6 heteroatoms. The second-order valence-corrected chi connectivity index (χ2v) is 6.39. The Bertz CT molecular complexity index is 994. The highest BCUT2D eigenvalue weighted by Gasteiger charge is 2.35. The normalized spacial score (nSPS) is 16.0. The van der Waals surface area contributed by atoms with Crippen molar-refractivity contribution in [2.45, 2.75) is 12.5 Å². The van der Waals surface area contributed by atoms with E-state index >= 15 is 0 Å².